The maximum atomic E-state index is 5.90. The smallest absolute Gasteiger partial charge is 0.128 e. The van der Waals surface area contributed by atoms with E-state index in [-0.39, 0.29) is 0 Å². The zero-order valence-electron chi connectivity index (χ0n) is 11.0. The first-order valence-electron chi connectivity index (χ1n) is 6.90. The SMILES string of the molecule is CCCNCC1CCCCN1c1ccc(Cl)cn1. The molecule has 100 valence electrons. The summed E-state index contributed by atoms with van der Waals surface area (Å²) in [7, 11) is 0. The second-order valence-corrected chi connectivity index (χ2v) is 5.32. The Morgan fingerprint density at radius 3 is 3.06 bits per heavy atom. The molecule has 0 amide bonds. The molecule has 1 fully saturated rings. The highest BCUT2D eigenvalue weighted by atomic mass is 35.5. The average molecular weight is 268 g/mol. The molecule has 1 aliphatic rings. The van der Waals surface area contributed by atoms with E-state index in [0.29, 0.717) is 11.1 Å². The summed E-state index contributed by atoms with van der Waals surface area (Å²) in [4.78, 5) is 6.87. The first-order chi connectivity index (χ1) is 8.81. The predicted octanol–water partition coefficient (Wildman–Crippen LogP) is 3.09. The molecule has 1 aromatic rings. The second kappa shape index (κ2) is 6.95. The minimum atomic E-state index is 0.568. The van der Waals surface area contributed by atoms with E-state index in [4.69, 9.17) is 11.6 Å². The first-order valence-corrected chi connectivity index (χ1v) is 7.28. The summed E-state index contributed by atoms with van der Waals surface area (Å²) in [6, 6.07) is 4.52. The largest absolute Gasteiger partial charge is 0.352 e. The van der Waals surface area contributed by atoms with Crippen LogP contribution < -0.4 is 10.2 Å². The number of hydrogen-bond donors (Lipinski definition) is 1. The monoisotopic (exact) mass is 267 g/mol. The van der Waals surface area contributed by atoms with E-state index in [2.05, 4.69) is 22.1 Å². The molecule has 0 saturated carbocycles. The van der Waals surface area contributed by atoms with Crippen molar-refractivity contribution in [1.82, 2.24) is 10.3 Å². The molecule has 1 unspecified atom stereocenters. The van der Waals surface area contributed by atoms with Crippen molar-refractivity contribution in [3.8, 4) is 0 Å². The standard InChI is InChI=1S/C14H22ClN3/c1-2-8-16-11-13-5-3-4-9-18(13)14-7-6-12(15)10-17-14/h6-7,10,13,16H,2-5,8-9,11H2,1H3. The Bertz CT molecular complexity index is 353. The summed E-state index contributed by atoms with van der Waals surface area (Å²) in [5, 5.41) is 4.23. The number of aromatic nitrogens is 1. The third-order valence-corrected chi connectivity index (χ3v) is 3.66. The summed E-state index contributed by atoms with van der Waals surface area (Å²) in [5.74, 6) is 1.06. The molecule has 0 radical (unpaired) electrons. The predicted molar refractivity (Wildman–Crippen MR) is 77.4 cm³/mol. The minimum Gasteiger partial charge on any atom is -0.352 e. The summed E-state index contributed by atoms with van der Waals surface area (Å²) < 4.78 is 0. The molecule has 0 aromatic carbocycles. The van der Waals surface area contributed by atoms with Crippen LogP contribution in [0, 0.1) is 0 Å². The fraction of sp³-hybridized carbons (Fsp3) is 0.643. The van der Waals surface area contributed by atoms with Crippen LogP contribution >= 0.6 is 11.6 Å². The minimum absolute atomic E-state index is 0.568. The highest BCUT2D eigenvalue weighted by molar-refractivity contribution is 6.30. The van der Waals surface area contributed by atoms with E-state index < -0.39 is 0 Å². The molecule has 1 N–H and O–H groups in total. The fourth-order valence-electron chi connectivity index (χ4n) is 2.50. The molecule has 0 aliphatic carbocycles. The quantitative estimate of drug-likeness (QED) is 0.831. The third-order valence-electron chi connectivity index (χ3n) is 3.44. The molecule has 1 atom stereocenters. The van der Waals surface area contributed by atoms with Crippen molar-refractivity contribution >= 4 is 17.4 Å². The number of pyridine rings is 1. The molecule has 1 saturated heterocycles. The number of anilines is 1. The molecular weight excluding hydrogens is 246 g/mol. The van der Waals surface area contributed by atoms with Gasteiger partial charge in [0.1, 0.15) is 5.82 Å². The Morgan fingerprint density at radius 2 is 2.33 bits per heavy atom. The van der Waals surface area contributed by atoms with E-state index in [1.165, 1.54) is 25.7 Å². The van der Waals surface area contributed by atoms with Crippen molar-refractivity contribution in [3.05, 3.63) is 23.4 Å². The van der Waals surface area contributed by atoms with Crippen molar-refractivity contribution < 1.29 is 0 Å². The van der Waals surface area contributed by atoms with Crippen LogP contribution in [0.2, 0.25) is 5.02 Å². The van der Waals surface area contributed by atoms with E-state index in [9.17, 15) is 0 Å². The Balaban J connectivity index is 2.00. The van der Waals surface area contributed by atoms with Gasteiger partial charge in [0.05, 0.1) is 5.02 Å². The zero-order chi connectivity index (χ0) is 12.8. The normalized spacial score (nSPS) is 20.1. The van der Waals surface area contributed by atoms with Gasteiger partial charge in [-0.05, 0) is 44.4 Å². The number of hydrogen-bond acceptors (Lipinski definition) is 3. The van der Waals surface area contributed by atoms with Crippen molar-refractivity contribution in [3.63, 3.8) is 0 Å². The van der Waals surface area contributed by atoms with Gasteiger partial charge in [0.25, 0.3) is 0 Å². The van der Waals surface area contributed by atoms with Gasteiger partial charge in [-0.1, -0.05) is 18.5 Å². The van der Waals surface area contributed by atoms with Crippen molar-refractivity contribution in [2.75, 3.05) is 24.5 Å². The Kier molecular flexibility index (Phi) is 5.26. The highest BCUT2D eigenvalue weighted by Gasteiger charge is 2.22. The van der Waals surface area contributed by atoms with Crippen LogP contribution in [0.1, 0.15) is 32.6 Å². The van der Waals surface area contributed by atoms with Crippen LogP contribution in [-0.4, -0.2) is 30.7 Å². The van der Waals surface area contributed by atoms with Crippen LogP contribution in [0.15, 0.2) is 18.3 Å². The molecule has 18 heavy (non-hydrogen) atoms. The Labute approximate surface area is 115 Å². The van der Waals surface area contributed by atoms with Crippen LogP contribution in [0.5, 0.6) is 0 Å². The molecule has 4 heteroatoms. The summed E-state index contributed by atoms with van der Waals surface area (Å²) in [5.41, 5.74) is 0. The van der Waals surface area contributed by atoms with Crippen LogP contribution in [0.3, 0.4) is 0 Å². The zero-order valence-corrected chi connectivity index (χ0v) is 11.8. The molecule has 3 nitrogen and oxygen atoms in total. The molecule has 1 aliphatic heterocycles. The van der Waals surface area contributed by atoms with Gasteiger partial charge < -0.3 is 10.2 Å². The van der Waals surface area contributed by atoms with Crippen LogP contribution in [-0.2, 0) is 0 Å². The maximum absolute atomic E-state index is 5.90. The van der Waals surface area contributed by atoms with Gasteiger partial charge in [-0.15, -0.1) is 0 Å². The maximum Gasteiger partial charge on any atom is 0.128 e. The number of nitrogens with one attached hydrogen (secondary N) is 1. The van der Waals surface area contributed by atoms with E-state index in [0.717, 1.165) is 25.5 Å². The number of rotatable bonds is 5. The first kappa shape index (κ1) is 13.6. The molecular formula is C14H22ClN3. The van der Waals surface area contributed by atoms with Gasteiger partial charge in [-0.25, -0.2) is 4.98 Å². The molecule has 1 aromatic heterocycles. The number of nitrogens with zero attached hydrogens (tertiary/aromatic N) is 2. The lowest BCUT2D eigenvalue weighted by Gasteiger charge is -2.37. The van der Waals surface area contributed by atoms with Gasteiger partial charge in [-0.3, -0.25) is 0 Å². The van der Waals surface area contributed by atoms with E-state index in [1.54, 1.807) is 6.20 Å². The number of piperidine rings is 1. The lowest BCUT2D eigenvalue weighted by atomic mass is 10.0. The lowest BCUT2D eigenvalue weighted by Crippen LogP contribution is -2.46. The third kappa shape index (κ3) is 3.59. The molecule has 0 bridgehead atoms. The topological polar surface area (TPSA) is 28.2 Å². The van der Waals surface area contributed by atoms with Crippen LogP contribution in [0.25, 0.3) is 0 Å². The molecule has 2 heterocycles. The Morgan fingerprint density at radius 1 is 1.44 bits per heavy atom. The molecule has 2 rings (SSSR count). The summed E-state index contributed by atoms with van der Waals surface area (Å²) in [6.45, 7) is 5.45. The molecule has 0 spiro atoms. The van der Waals surface area contributed by atoms with Crippen molar-refractivity contribution in [1.29, 1.82) is 0 Å². The van der Waals surface area contributed by atoms with Crippen molar-refractivity contribution in [2.24, 2.45) is 0 Å². The van der Waals surface area contributed by atoms with Crippen molar-refractivity contribution in [2.45, 2.75) is 38.6 Å². The second-order valence-electron chi connectivity index (χ2n) is 4.88. The number of halogens is 1. The van der Waals surface area contributed by atoms with E-state index in [1.807, 2.05) is 12.1 Å². The van der Waals surface area contributed by atoms with Gasteiger partial charge in [0.2, 0.25) is 0 Å². The van der Waals surface area contributed by atoms with Gasteiger partial charge in [0, 0.05) is 25.3 Å². The fourth-order valence-corrected chi connectivity index (χ4v) is 2.61. The summed E-state index contributed by atoms with van der Waals surface area (Å²) in [6.07, 6.45) is 6.76. The van der Waals surface area contributed by atoms with Gasteiger partial charge in [-0.2, -0.15) is 0 Å². The highest BCUT2D eigenvalue weighted by Crippen LogP contribution is 2.23. The Hall–Kier alpha value is -0.800. The average Bonchev–Trinajstić information content (AvgIpc) is 2.41. The van der Waals surface area contributed by atoms with Gasteiger partial charge in [0.15, 0.2) is 0 Å². The lowest BCUT2D eigenvalue weighted by molar-refractivity contribution is 0.433. The van der Waals surface area contributed by atoms with E-state index >= 15 is 0 Å². The van der Waals surface area contributed by atoms with Crippen LogP contribution in [0.4, 0.5) is 5.82 Å². The van der Waals surface area contributed by atoms with Gasteiger partial charge >= 0.3 is 0 Å². The summed E-state index contributed by atoms with van der Waals surface area (Å²) >= 11 is 5.90.